The first-order valence-corrected chi connectivity index (χ1v) is 8.06. The number of hydrogen-bond acceptors (Lipinski definition) is 2. The van der Waals surface area contributed by atoms with Crippen molar-refractivity contribution >= 4 is 50.8 Å². The summed E-state index contributed by atoms with van der Waals surface area (Å²) < 4.78 is 0.930. The molecule has 0 radical (unpaired) electrons. The van der Waals surface area contributed by atoms with Gasteiger partial charge in [0.1, 0.15) is 0 Å². The average molecular weight is 397 g/mol. The summed E-state index contributed by atoms with van der Waals surface area (Å²) in [6, 6.07) is 13.8. The minimum Gasteiger partial charge on any atom is -0.337 e. The lowest BCUT2D eigenvalue weighted by Crippen LogP contribution is -2.31. The molecule has 0 aliphatic carbocycles. The second-order valence-electron chi connectivity index (χ2n) is 4.67. The van der Waals surface area contributed by atoms with Crippen molar-refractivity contribution in [1.82, 2.24) is 5.32 Å². The Labute approximate surface area is 147 Å². The number of carbonyl (C=O) groups excluding carboxylic acids is 2. The number of halogens is 2. The van der Waals surface area contributed by atoms with Crippen molar-refractivity contribution in [3.8, 4) is 0 Å². The zero-order chi connectivity index (χ0) is 16.7. The number of nitrogens with one attached hydrogen (secondary N) is 3. The highest BCUT2D eigenvalue weighted by Crippen LogP contribution is 2.20. The van der Waals surface area contributed by atoms with Crippen LogP contribution in [0.25, 0.3) is 0 Å². The SMILES string of the molecule is O=C(CCNC(=O)Nc1ccc(Br)cc1)Nc1ccccc1Cl. The highest BCUT2D eigenvalue weighted by atomic mass is 79.9. The monoisotopic (exact) mass is 395 g/mol. The van der Waals surface area contributed by atoms with Crippen molar-refractivity contribution in [1.29, 1.82) is 0 Å². The zero-order valence-electron chi connectivity index (χ0n) is 12.1. The fourth-order valence-electron chi connectivity index (χ4n) is 1.77. The van der Waals surface area contributed by atoms with E-state index >= 15 is 0 Å². The van der Waals surface area contributed by atoms with Gasteiger partial charge in [-0.05, 0) is 36.4 Å². The summed E-state index contributed by atoms with van der Waals surface area (Å²) in [5.41, 5.74) is 1.23. The molecule has 120 valence electrons. The fraction of sp³-hybridized carbons (Fsp3) is 0.125. The lowest BCUT2D eigenvalue weighted by atomic mass is 10.3. The quantitative estimate of drug-likeness (QED) is 0.707. The number of anilines is 2. The van der Waals surface area contributed by atoms with Gasteiger partial charge in [0.05, 0.1) is 10.7 Å². The van der Waals surface area contributed by atoms with Crippen LogP contribution in [-0.2, 0) is 4.79 Å². The maximum atomic E-state index is 11.8. The van der Waals surface area contributed by atoms with E-state index in [1.165, 1.54) is 0 Å². The predicted molar refractivity (Wildman–Crippen MR) is 95.9 cm³/mol. The molecule has 5 nitrogen and oxygen atoms in total. The van der Waals surface area contributed by atoms with Gasteiger partial charge in [0.25, 0.3) is 0 Å². The second-order valence-corrected chi connectivity index (χ2v) is 5.99. The Hall–Kier alpha value is -2.05. The first kappa shape index (κ1) is 17.3. The van der Waals surface area contributed by atoms with Gasteiger partial charge in [-0.25, -0.2) is 4.79 Å². The van der Waals surface area contributed by atoms with Crippen LogP contribution in [0.1, 0.15) is 6.42 Å². The number of benzene rings is 2. The molecule has 0 aliphatic rings. The van der Waals surface area contributed by atoms with Crippen LogP contribution in [0.5, 0.6) is 0 Å². The van der Waals surface area contributed by atoms with Gasteiger partial charge in [0.2, 0.25) is 5.91 Å². The number of carbonyl (C=O) groups is 2. The summed E-state index contributed by atoms with van der Waals surface area (Å²) >= 11 is 9.28. The Morgan fingerprint density at radius 1 is 1.00 bits per heavy atom. The average Bonchev–Trinajstić information content (AvgIpc) is 2.52. The molecule has 2 aromatic rings. The Balaban J connectivity index is 1.72. The van der Waals surface area contributed by atoms with Crippen LogP contribution in [0.3, 0.4) is 0 Å². The zero-order valence-corrected chi connectivity index (χ0v) is 14.4. The first-order chi connectivity index (χ1) is 11.0. The summed E-state index contributed by atoms with van der Waals surface area (Å²) in [5, 5.41) is 8.47. The molecule has 0 aromatic heterocycles. The van der Waals surface area contributed by atoms with E-state index in [4.69, 9.17) is 11.6 Å². The molecule has 7 heteroatoms. The summed E-state index contributed by atoms with van der Waals surface area (Å²) in [6.45, 7) is 0.221. The van der Waals surface area contributed by atoms with E-state index in [-0.39, 0.29) is 24.9 Å². The highest BCUT2D eigenvalue weighted by molar-refractivity contribution is 9.10. The van der Waals surface area contributed by atoms with E-state index < -0.39 is 0 Å². The highest BCUT2D eigenvalue weighted by Gasteiger charge is 2.06. The summed E-state index contributed by atoms with van der Waals surface area (Å²) in [7, 11) is 0. The van der Waals surface area contributed by atoms with E-state index in [2.05, 4.69) is 31.9 Å². The number of rotatable bonds is 5. The third-order valence-electron chi connectivity index (χ3n) is 2.89. The number of para-hydroxylation sites is 1. The first-order valence-electron chi connectivity index (χ1n) is 6.89. The summed E-state index contributed by atoms with van der Waals surface area (Å²) in [5.74, 6) is -0.220. The van der Waals surface area contributed by atoms with Crippen LogP contribution in [0.4, 0.5) is 16.2 Å². The Bertz CT molecular complexity index is 692. The number of amides is 3. The molecule has 0 heterocycles. The standard InChI is InChI=1S/C16H15BrClN3O2/c17-11-5-7-12(8-6-11)20-16(23)19-10-9-15(22)21-14-4-2-1-3-13(14)18/h1-8H,9-10H2,(H,21,22)(H2,19,20,23). The van der Waals surface area contributed by atoms with E-state index in [1.807, 2.05) is 12.1 Å². The predicted octanol–water partition coefficient (Wildman–Crippen LogP) is 4.25. The van der Waals surface area contributed by atoms with Crippen LogP contribution in [0.15, 0.2) is 53.0 Å². The molecule has 0 saturated carbocycles. The Morgan fingerprint density at radius 3 is 2.39 bits per heavy atom. The molecule has 0 bridgehead atoms. The van der Waals surface area contributed by atoms with Gasteiger partial charge < -0.3 is 16.0 Å². The number of hydrogen-bond donors (Lipinski definition) is 3. The smallest absolute Gasteiger partial charge is 0.319 e. The van der Waals surface area contributed by atoms with Gasteiger partial charge in [-0.2, -0.15) is 0 Å². The molecule has 0 saturated heterocycles. The van der Waals surface area contributed by atoms with Gasteiger partial charge in [-0.15, -0.1) is 0 Å². The van der Waals surface area contributed by atoms with Gasteiger partial charge >= 0.3 is 6.03 Å². The van der Waals surface area contributed by atoms with Crippen molar-refractivity contribution in [3.05, 3.63) is 58.0 Å². The normalized spacial score (nSPS) is 10.0. The lowest BCUT2D eigenvalue weighted by molar-refractivity contribution is -0.116. The minimum absolute atomic E-state index is 0.152. The van der Waals surface area contributed by atoms with Gasteiger partial charge in [0, 0.05) is 23.1 Å². The van der Waals surface area contributed by atoms with Gasteiger partial charge in [-0.1, -0.05) is 39.7 Å². The molecule has 3 N–H and O–H groups in total. The fourth-order valence-corrected chi connectivity index (χ4v) is 2.22. The Morgan fingerprint density at radius 2 is 1.70 bits per heavy atom. The van der Waals surface area contributed by atoms with E-state index in [9.17, 15) is 9.59 Å². The molecule has 0 fully saturated rings. The van der Waals surface area contributed by atoms with E-state index in [0.29, 0.717) is 16.4 Å². The summed E-state index contributed by atoms with van der Waals surface area (Å²) in [6.07, 6.45) is 0.152. The maximum absolute atomic E-state index is 11.8. The van der Waals surface area contributed by atoms with Crippen LogP contribution in [-0.4, -0.2) is 18.5 Å². The number of urea groups is 1. The van der Waals surface area contributed by atoms with Crippen LogP contribution >= 0.6 is 27.5 Å². The molecule has 0 unspecified atom stereocenters. The molecular formula is C16H15BrClN3O2. The molecule has 0 atom stereocenters. The molecule has 0 aliphatic heterocycles. The van der Waals surface area contributed by atoms with Crippen LogP contribution in [0, 0.1) is 0 Å². The third kappa shape index (κ3) is 5.92. The molecule has 23 heavy (non-hydrogen) atoms. The van der Waals surface area contributed by atoms with Crippen molar-refractivity contribution < 1.29 is 9.59 Å². The van der Waals surface area contributed by atoms with E-state index in [0.717, 1.165) is 4.47 Å². The molecule has 2 rings (SSSR count). The Kier molecular flexibility index (Phi) is 6.43. The molecule has 0 spiro atoms. The third-order valence-corrected chi connectivity index (χ3v) is 3.75. The lowest BCUT2D eigenvalue weighted by Gasteiger charge is -2.09. The topological polar surface area (TPSA) is 70.2 Å². The maximum Gasteiger partial charge on any atom is 0.319 e. The summed E-state index contributed by atoms with van der Waals surface area (Å²) in [4.78, 5) is 23.5. The molecular weight excluding hydrogens is 382 g/mol. The van der Waals surface area contributed by atoms with E-state index in [1.54, 1.807) is 36.4 Å². The van der Waals surface area contributed by atoms with Crippen molar-refractivity contribution in [2.24, 2.45) is 0 Å². The largest absolute Gasteiger partial charge is 0.337 e. The van der Waals surface area contributed by atoms with Gasteiger partial charge in [0.15, 0.2) is 0 Å². The van der Waals surface area contributed by atoms with Crippen molar-refractivity contribution in [3.63, 3.8) is 0 Å². The minimum atomic E-state index is -0.363. The molecule has 2 aromatic carbocycles. The van der Waals surface area contributed by atoms with Crippen molar-refractivity contribution in [2.75, 3.05) is 17.2 Å². The van der Waals surface area contributed by atoms with Crippen molar-refractivity contribution in [2.45, 2.75) is 6.42 Å². The van der Waals surface area contributed by atoms with Crippen LogP contribution < -0.4 is 16.0 Å². The molecule has 3 amide bonds. The van der Waals surface area contributed by atoms with Gasteiger partial charge in [-0.3, -0.25) is 4.79 Å². The van der Waals surface area contributed by atoms with Crippen LogP contribution in [0.2, 0.25) is 5.02 Å². The second kappa shape index (κ2) is 8.55.